The van der Waals surface area contributed by atoms with Crippen LogP contribution < -0.4 is 10.2 Å². The van der Waals surface area contributed by atoms with Gasteiger partial charge < -0.3 is 10.2 Å². The third-order valence-corrected chi connectivity index (χ3v) is 6.54. The number of carbonyl (C=O) groups is 1. The van der Waals surface area contributed by atoms with Gasteiger partial charge in [0.2, 0.25) is 0 Å². The molecule has 3 aromatic rings. The summed E-state index contributed by atoms with van der Waals surface area (Å²) < 4.78 is 0. The summed E-state index contributed by atoms with van der Waals surface area (Å²) in [5.74, 6) is 0.853. The maximum Gasteiger partial charge on any atom is 0.252 e. The predicted octanol–water partition coefficient (Wildman–Crippen LogP) is 4.72. The summed E-state index contributed by atoms with van der Waals surface area (Å²) in [6.07, 6.45) is 0. The summed E-state index contributed by atoms with van der Waals surface area (Å²) in [5, 5.41) is 4.10. The van der Waals surface area contributed by atoms with Crippen LogP contribution in [-0.4, -0.2) is 48.0 Å². The van der Waals surface area contributed by atoms with Crippen molar-refractivity contribution in [3.8, 4) is 0 Å². The zero-order valence-corrected chi connectivity index (χ0v) is 19.6. The van der Waals surface area contributed by atoms with Crippen LogP contribution in [0, 0.1) is 5.41 Å². The number of amides is 1. The number of para-hydroxylation sites is 1. The normalized spacial score (nSPS) is 16.2. The van der Waals surface area contributed by atoms with Crippen LogP contribution in [0.3, 0.4) is 0 Å². The Hall–Kier alpha value is -2.92. The van der Waals surface area contributed by atoms with E-state index in [4.69, 9.17) is 4.98 Å². The van der Waals surface area contributed by atoms with Gasteiger partial charge in [-0.2, -0.15) is 0 Å². The van der Waals surface area contributed by atoms with E-state index in [0.717, 1.165) is 49.4 Å². The molecule has 32 heavy (non-hydrogen) atoms. The Morgan fingerprint density at radius 1 is 1.00 bits per heavy atom. The van der Waals surface area contributed by atoms with Crippen molar-refractivity contribution in [1.29, 1.82) is 0 Å². The summed E-state index contributed by atoms with van der Waals surface area (Å²) in [6.45, 7) is 13.2. The second-order valence-corrected chi connectivity index (χ2v) is 9.86. The number of aromatic nitrogens is 1. The molecule has 1 aliphatic rings. The fourth-order valence-electron chi connectivity index (χ4n) is 3.98. The molecular formula is C27H34N4O. The van der Waals surface area contributed by atoms with Crippen LogP contribution in [0.4, 0.5) is 5.82 Å². The van der Waals surface area contributed by atoms with Crippen molar-refractivity contribution in [3.63, 3.8) is 0 Å². The Labute approximate surface area is 191 Å². The van der Waals surface area contributed by atoms with Crippen molar-refractivity contribution in [1.82, 2.24) is 15.2 Å². The van der Waals surface area contributed by atoms with Crippen LogP contribution in [0.25, 0.3) is 10.9 Å². The number of nitrogens with one attached hydrogen (secondary N) is 1. The Kier molecular flexibility index (Phi) is 6.47. The van der Waals surface area contributed by atoms with Crippen molar-refractivity contribution in [2.75, 3.05) is 31.1 Å². The molecule has 1 fully saturated rings. The zero-order chi connectivity index (χ0) is 22.7. The summed E-state index contributed by atoms with van der Waals surface area (Å²) in [4.78, 5) is 22.9. The molecule has 0 radical (unpaired) electrons. The molecular weight excluding hydrogens is 396 g/mol. The minimum atomic E-state index is -0.0324. The summed E-state index contributed by atoms with van der Waals surface area (Å²) in [7, 11) is 0. The van der Waals surface area contributed by atoms with Gasteiger partial charge >= 0.3 is 0 Å². The topological polar surface area (TPSA) is 48.5 Å². The van der Waals surface area contributed by atoms with Crippen molar-refractivity contribution < 1.29 is 4.79 Å². The van der Waals surface area contributed by atoms with E-state index in [2.05, 4.69) is 73.1 Å². The summed E-state index contributed by atoms with van der Waals surface area (Å²) in [5.41, 5.74) is 2.91. The molecule has 5 nitrogen and oxygen atoms in total. The molecule has 0 spiro atoms. The monoisotopic (exact) mass is 430 g/mol. The highest BCUT2D eigenvalue weighted by Crippen LogP contribution is 2.25. The van der Waals surface area contributed by atoms with Gasteiger partial charge in [0.25, 0.3) is 5.91 Å². The number of hydrogen-bond donors (Lipinski definition) is 1. The number of hydrogen-bond acceptors (Lipinski definition) is 4. The van der Waals surface area contributed by atoms with E-state index in [-0.39, 0.29) is 17.4 Å². The lowest BCUT2D eigenvalue weighted by molar-refractivity contribution is 0.0911. The fraction of sp³-hybridized carbons (Fsp3) is 0.407. The molecule has 5 heteroatoms. The number of benzene rings is 2. The van der Waals surface area contributed by atoms with Crippen LogP contribution in [0.5, 0.6) is 0 Å². The largest absolute Gasteiger partial charge is 0.354 e. The first-order chi connectivity index (χ1) is 15.3. The molecule has 1 amide bonds. The minimum Gasteiger partial charge on any atom is -0.354 e. The smallest absolute Gasteiger partial charge is 0.252 e. The molecule has 1 N–H and O–H groups in total. The Morgan fingerprint density at radius 3 is 2.34 bits per heavy atom. The van der Waals surface area contributed by atoms with Crippen LogP contribution in [-0.2, 0) is 6.54 Å². The summed E-state index contributed by atoms with van der Waals surface area (Å²) in [6, 6.07) is 20.6. The lowest BCUT2D eigenvalue weighted by atomic mass is 9.88. The van der Waals surface area contributed by atoms with Gasteiger partial charge in [0, 0.05) is 44.2 Å². The SMILES string of the molecule is C[C@H](NC(=O)c1cc(N2CCN(Cc3ccccc3)CC2)nc2ccccc12)C(C)(C)C. The second kappa shape index (κ2) is 9.29. The van der Waals surface area contributed by atoms with Crippen LogP contribution in [0.2, 0.25) is 0 Å². The molecule has 2 aromatic carbocycles. The van der Waals surface area contributed by atoms with E-state index in [1.54, 1.807) is 0 Å². The third kappa shape index (κ3) is 5.10. The van der Waals surface area contributed by atoms with Crippen LogP contribution in [0.15, 0.2) is 60.7 Å². The van der Waals surface area contributed by atoms with Gasteiger partial charge in [0.15, 0.2) is 0 Å². The fourth-order valence-corrected chi connectivity index (χ4v) is 3.98. The quantitative estimate of drug-likeness (QED) is 0.636. The average molecular weight is 431 g/mol. The minimum absolute atomic E-state index is 0.00357. The molecule has 168 valence electrons. The first-order valence-corrected chi connectivity index (χ1v) is 11.5. The van der Waals surface area contributed by atoms with Gasteiger partial charge in [-0.1, -0.05) is 69.3 Å². The molecule has 1 aliphatic heterocycles. The number of carbonyl (C=O) groups excluding carboxylic acids is 1. The van der Waals surface area contributed by atoms with Gasteiger partial charge in [0.1, 0.15) is 5.82 Å². The number of fused-ring (bicyclic) bond motifs is 1. The number of anilines is 1. The maximum absolute atomic E-state index is 13.2. The first kappa shape index (κ1) is 22.3. The molecule has 4 rings (SSSR count). The van der Waals surface area contributed by atoms with E-state index < -0.39 is 0 Å². The zero-order valence-electron chi connectivity index (χ0n) is 19.6. The average Bonchev–Trinajstić information content (AvgIpc) is 2.79. The van der Waals surface area contributed by atoms with Gasteiger partial charge in [-0.15, -0.1) is 0 Å². The van der Waals surface area contributed by atoms with E-state index in [9.17, 15) is 4.79 Å². The molecule has 0 bridgehead atoms. The molecule has 0 unspecified atom stereocenters. The van der Waals surface area contributed by atoms with Crippen LogP contribution in [0.1, 0.15) is 43.6 Å². The van der Waals surface area contributed by atoms with E-state index >= 15 is 0 Å². The Bertz CT molecular complexity index is 1070. The van der Waals surface area contributed by atoms with Crippen molar-refractivity contribution in [3.05, 3.63) is 71.8 Å². The molecule has 2 heterocycles. The molecule has 1 aromatic heterocycles. The molecule has 0 aliphatic carbocycles. The predicted molar refractivity (Wildman–Crippen MR) is 132 cm³/mol. The number of nitrogens with zero attached hydrogens (tertiary/aromatic N) is 3. The van der Waals surface area contributed by atoms with E-state index in [1.807, 2.05) is 30.3 Å². The highest BCUT2D eigenvalue weighted by Gasteiger charge is 2.25. The standard InChI is InChI=1S/C27H34N4O/c1-20(27(2,3)4)28-26(32)23-18-25(29-24-13-9-8-12-22(23)24)31-16-14-30(15-17-31)19-21-10-6-5-7-11-21/h5-13,18,20H,14-17,19H2,1-4H3,(H,28,32)/t20-/m0/s1. The lowest BCUT2D eigenvalue weighted by Crippen LogP contribution is -2.46. The van der Waals surface area contributed by atoms with Gasteiger partial charge in [0.05, 0.1) is 11.1 Å². The maximum atomic E-state index is 13.2. The third-order valence-electron chi connectivity index (χ3n) is 6.54. The first-order valence-electron chi connectivity index (χ1n) is 11.5. The van der Waals surface area contributed by atoms with E-state index in [1.165, 1.54) is 5.56 Å². The number of rotatable bonds is 5. The van der Waals surface area contributed by atoms with Gasteiger partial charge in [-0.25, -0.2) is 4.98 Å². The van der Waals surface area contributed by atoms with Crippen molar-refractivity contribution in [2.24, 2.45) is 5.41 Å². The Balaban J connectivity index is 1.53. The second-order valence-electron chi connectivity index (χ2n) is 9.86. The van der Waals surface area contributed by atoms with Crippen LogP contribution >= 0.6 is 0 Å². The van der Waals surface area contributed by atoms with Crippen molar-refractivity contribution >= 4 is 22.6 Å². The number of pyridine rings is 1. The number of piperazine rings is 1. The molecule has 1 atom stereocenters. The van der Waals surface area contributed by atoms with E-state index in [0.29, 0.717) is 5.56 Å². The summed E-state index contributed by atoms with van der Waals surface area (Å²) >= 11 is 0. The molecule has 0 saturated carbocycles. The van der Waals surface area contributed by atoms with Crippen molar-refractivity contribution in [2.45, 2.75) is 40.3 Å². The highest BCUT2D eigenvalue weighted by atomic mass is 16.1. The highest BCUT2D eigenvalue weighted by molar-refractivity contribution is 6.07. The lowest BCUT2D eigenvalue weighted by Gasteiger charge is -2.35. The van der Waals surface area contributed by atoms with Gasteiger partial charge in [-0.3, -0.25) is 9.69 Å². The van der Waals surface area contributed by atoms with Gasteiger partial charge in [-0.05, 0) is 30.0 Å². The Morgan fingerprint density at radius 2 is 1.66 bits per heavy atom. The molecule has 1 saturated heterocycles.